The molecule has 1 nitrogen and oxygen atoms in total. The highest BCUT2D eigenvalue weighted by Crippen LogP contribution is 2.14. The fourth-order valence-corrected chi connectivity index (χ4v) is 3.63. The summed E-state index contributed by atoms with van der Waals surface area (Å²) in [5, 5.41) is 12.2. The largest absolute Gasteiger partial charge is 0.312 e. The Morgan fingerprint density at radius 3 is 2.50 bits per heavy atom. The Kier molecular flexibility index (Phi) is 5.42. The fraction of sp³-hybridized carbons (Fsp3) is 0.333. The second-order valence-electron chi connectivity index (χ2n) is 3.49. The average Bonchev–Trinajstić information content (AvgIpc) is 2.96. The summed E-state index contributed by atoms with van der Waals surface area (Å²) in [4.78, 5) is 0. The van der Waals surface area contributed by atoms with E-state index in [1.165, 1.54) is 16.9 Å². The molecule has 2 aromatic rings. The number of thiophene rings is 2. The predicted molar refractivity (Wildman–Crippen MR) is 76.5 cm³/mol. The summed E-state index contributed by atoms with van der Waals surface area (Å²) in [6.07, 6.45) is 0. The maximum absolute atomic E-state index is 3.46. The molecule has 0 spiro atoms. The second kappa shape index (κ2) is 7.12. The average molecular weight is 269 g/mol. The number of thioether (sulfide) groups is 1. The van der Waals surface area contributed by atoms with Gasteiger partial charge in [-0.2, -0.15) is 34.4 Å². The molecule has 0 aliphatic rings. The van der Waals surface area contributed by atoms with E-state index in [9.17, 15) is 0 Å². The van der Waals surface area contributed by atoms with Gasteiger partial charge in [0.05, 0.1) is 0 Å². The Bertz CT molecular complexity index is 329. The molecule has 0 fully saturated rings. The van der Waals surface area contributed by atoms with Gasteiger partial charge in [-0.25, -0.2) is 0 Å². The minimum atomic E-state index is 1.00. The van der Waals surface area contributed by atoms with Crippen molar-refractivity contribution in [2.24, 2.45) is 0 Å². The van der Waals surface area contributed by atoms with Gasteiger partial charge in [0.25, 0.3) is 0 Å². The van der Waals surface area contributed by atoms with Crippen LogP contribution in [0.4, 0.5) is 0 Å². The van der Waals surface area contributed by atoms with Crippen LogP contribution >= 0.6 is 34.4 Å². The monoisotopic (exact) mass is 269 g/mol. The minimum absolute atomic E-state index is 1.00. The van der Waals surface area contributed by atoms with Crippen LogP contribution < -0.4 is 5.32 Å². The van der Waals surface area contributed by atoms with Crippen LogP contribution in [0.5, 0.6) is 0 Å². The van der Waals surface area contributed by atoms with Crippen LogP contribution in [-0.4, -0.2) is 12.3 Å². The third kappa shape index (κ3) is 4.29. The lowest BCUT2D eigenvalue weighted by Gasteiger charge is -2.02. The van der Waals surface area contributed by atoms with Crippen molar-refractivity contribution in [3.05, 3.63) is 44.8 Å². The molecule has 2 heterocycles. The second-order valence-corrected chi connectivity index (χ2v) is 6.16. The molecule has 1 N–H and O–H groups in total. The lowest BCUT2D eigenvalue weighted by atomic mass is 10.3. The Labute approximate surface area is 109 Å². The van der Waals surface area contributed by atoms with Crippen molar-refractivity contribution >= 4 is 34.4 Å². The van der Waals surface area contributed by atoms with E-state index < -0.39 is 0 Å². The Morgan fingerprint density at radius 1 is 1.06 bits per heavy atom. The van der Waals surface area contributed by atoms with Crippen molar-refractivity contribution in [1.29, 1.82) is 0 Å². The summed E-state index contributed by atoms with van der Waals surface area (Å²) in [6, 6.07) is 4.38. The zero-order valence-corrected chi connectivity index (χ0v) is 11.5. The third-order valence-electron chi connectivity index (χ3n) is 2.18. The Hall–Kier alpha value is -0.290. The quantitative estimate of drug-likeness (QED) is 0.767. The van der Waals surface area contributed by atoms with Crippen molar-refractivity contribution in [2.45, 2.75) is 12.3 Å². The summed E-state index contributed by atoms with van der Waals surface area (Å²) < 4.78 is 0. The van der Waals surface area contributed by atoms with Crippen LogP contribution in [0, 0.1) is 0 Å². The maximum Gasteiger partial charge on any atom is 0.0214 e. The van der Waals surface area contributed by atoms with E-state index in [1.807, 2.05) is 11.8 Å². The number of nitrogens with one attached hydrogen (secondary N) is 1. The van der Waals surface area contributed by atoms with E-state index in [0.29, 0.717) is 0 Å². The van der Waals surface area contributed by atoms with Crippen LogP contribution in [0.25, 0.3) is 0 Å². The molecular weight excluding hydrogens is 254 g/mol. The molecule has 0 aliphatic heterocycles. The highest BCUT2D eigenvalue weighted by atomic mass is 32.2. The molecule has 2 rings (SSSR count). The molecule has 0 bridgehead atoms. The van der Waals surface area contributed by atoms with E-state index in [4.69, 9.17) is 0 Å². The van der Waals surface area contributed by atoms with Gasteiger partial charge in [0, 0.05) is 24.6 Å². The van der Waals surface area contributed by atoms with Gasteiger partial charge >= 0.3 is 0 Å². The summed E-state index contributed by atoms with van der Waals surface area (Å²) in [5.74, 6) is 2.32. The predicted octanol–water partition coefficient (Wildman–Crippen LogP) is 3.83. The van der Waals surface area contributed by atoms with Gasteiger partial charge in [0.2, 0.25) is 0 Å². The molecule has 0 saturated carbocycles. The van der Waals surface area contributed by atoms with Gasteiger partial charge in [-0.05, 0) is 44.8 Å². The highest BCUT2D eigenvalue weighted by molar-refractivity contribution is 7.98. The van der Waals surface area contributed by atoms with E-state index in [1.54, 1.807) is 22.7 Å². The molecule has 0 atom stereocenters. The first-order chi connectivity index (χ1) is 7.95. The standard InChI is InChI=1S/C12H15NS3/c1-4-14-8-11(1)7-13-3-6-16-10-12-2-5-15-9-12/h1-2,4-5,8-9,13H,3,6-7,10H2. The molecule has 4 heteroatoms. The van der Waals surface area contributed by atoms with Crippen molar-refractivity contribution in [3.8, 4) is 0 Å². The summed E-state index contributed by atoms with van der Waals surface area (Å²) in [5.41, 5.74) is 2.85. The number of rotatable bonds is 7. The number of hydrogen-bond acceptors (Lipinski definition) is 4. The van der Waals surface area contributed by atoms with Gasteiger partial charge in [-0.3, -0.25) is 0 Å². The molecule has 2 aromatic heterocycles. The first-order valence-corrected chi connectivity index (χ1v) is 8.30. The third-order valence-corrected chi connectivity index (χ3v) is 4.68. The lowest BCUT2D eigenvalue weighted by molar-refractivity contribution is 0.734. The summed E-state index contributed by atoms with van der Waals surface area (Å²) in [7, 11) is 0. The van der Waals surface area contributed by atoms with Crippen LogP contribution in [0.3, 0.4) is 0 Å². The molecule has 0 aromatic carbocycles. The minimum Gasteiger partial charge on any atom is -0.312 e. The molecule has 0 saturated heterocycles. The van der Waals surface area contributed by atoms with Crippen molar-refractivity contribution in [2.75, 3.05) is 12.3 Å². The molecule has 0 unspecified atom stereocenters. The highest BCUT2D eigenvalue weighted by Gasteiger charge is 1.95. The zero-order valence-electron chi connectivity index (χ0n) is 9.02. The fourth-order valence-electron chi connectivity index (χ4n) is 1.34. The molecule has 0 aliphatic carbocycles. The van der Waals surface area contributed by atoms with Crippen molar-refractivity contribution < 1.29 is 0 Å². The van der Waals surface area contributed by atoms with E-state index in [2.05, 4.69) is 39.0 Å². The number of hydrogen-bond donors (Lipinski definition) is 1. The molecule has 0 radical (unpaired) electrons. The molecule has 0 amide bonds. The topological polar surface area (TPSA) is 12.0 Å². The zero-order chi connectivity index (χ0) is 11.1. The first-order valence-electron chi connectivity index (χ1n) is 5.26. The van der Waals surface area contributed by atoms with Crippen molar-refractivity contribution in [1.82, 2.24) is 5.32 Å². The molecule has 86 valence electrons. The smallest absolute Gasteiger partial charge is 0.0214 e. The molecular formula is C12H15NS3. The molecule has 16 heavy (non-hydrogen) atoms. The Morgan fingerprint density at radius 2 is 1.81 bits per heavy atom. The van der Waals surface area contributed by atoms with Gasteiger partial charge in [-0.1, -0.05) is 0 Å². The summed E-state index contributed by atoms with van der Waals surface area (Å²) >= 11 is 5.54. The summed E-state index contributed by atoms with van der Waals surface area (Å²) in [6.45, 7) is 2.09. The van der Waals surface area contributed by atoms with Gasteiger partial charge in [0.15, 0.2) is 0 Å². The SMILES string of the molecule is c1cc(CNCCSCc2ccsc2)cs1. The maximum atomic E-state index is 3.46. The van der Waals surface area contributed by atoms with E-state index >= 15 is 0 Å². The van der Waals surface area contributed by atoms with Gasteiger partial charge in [0.1, 0.15) is 0 Å². The van der Waals surface area contributed by atoms with E-state index in [-0.39, 0.29) is 0 Å². The van der Waals surface area contributed by atoms with Gasteiger partial charge in [-0.15, -0.1) is 0 Å². The first kappa shape index (κ1) is 12.2. The normalized spacial score (nSPS) is 10.8. The lowest BCUT2D eigenvalue weighted by Crippen LogP contribution is -2.16. The van der Waals surface area contributed by atoms with Crippen LogP contribution in [0.2, 0.25) is 0 Å². The van der Waals surface area contributed by atoms with E-state index in [0.717, 1.165) is 18.8 Å². The van der Waals surface area contributed by atoms with Crippen LogP contribution in [-0.2, 0) is 12.3 Å². The van der Waals surface area contributed by atoms with Crippen LogP contribution in [0.1, 0.15) is 11.1 Å². The van der Waals surface area contributed by atoms with Gasteiger partial charge < -0.3 is 5.32 Å². The van der Waals surface area contributed by atoms with Crippen molar-refractivity contribution in [3.63, 3.8) is 0 Å². The Balaban J connectivity index is 1.49. The van der Waals surface area contributed by atoms with Crippen LogP contribution in [0.15, 0.2) is 33.7 Å².